The summed E-state index contributed by atoms with van der Waals surface area (Å²) in [6, 6.07) is 4.66. The van der Waals surface area contributed by atoms with Crippen LogP contribution in [0.1, 0.15) is 37.6 Å². The summed E-state index contributed by atoms with van der Waals surface area (Å²) in [6.07, 6.45) is -1.59. The molecule has 0 aliphatic heterocycles. The van der Waals surface area contributed by atoms with Crippen LogP contribution in [0.4, 0.5) is 10.5 Å². The molecule has 142 valence electrons. The number of carboxylic acid groups (broad SMARTS) is 1. The van der Waals surface area contributed by atoms with E-state index in [1.54, 1.807) is 32.9 Å². The maximum atomic E-state index is 12.4. The van der Waals surface area contributed by atoms with Crippen molar-refractivity contribution in [1.82, 2.24) is 5.32 Å². The Morgan fingerprint density at radius 2 is 1.77 bits per heavy atom. The van der Waals surface area contributed by atoms with Gasteiger partial charge in [-0.2, -0.15) is 0 Å². The highest BCUT2D eigenvalue weighted by molar-refractivity contribution is 6.04. The molecule has 1 aromatic carbocycles. The molecule has 0 aliphatic carbocycles. The number of nitrogens with one attached hydrogen (secondary N) is 2. The average Bonchev–Trinajstić information content (AvgIpc) is 2.51. The van der Waals surface area contributed by atoms with Crippen molar-refractivity contribution in [2.45, 2.75) is 38.8 Å². The van der Waals surface area contributed by atoms with Crippen LogP contribution < -0.4 is 10.6 Å². The third kappa shape index (κ3) is 6.80. The van der Waals surface area contributed by atoms with Crippen LogP contribution >= 0.6 is 0 Å². The maximum absolute atomic E-state index is 12.4. The van der Waals surface area contributed by atoms with E-state index in [2.05, 4.69) is 15.4 Å². The average molecular weight is 366 g/mol. The van der Waals surface area contributed by atoms with Gasteiger partial charge >= 0.3 is 18.0 Å². The third-order valence-corrected chi connectivity index (χ3v) is 2.98. The van der Waals surface area contributed by atoms with Gasteiger partial charge in [-0.3, -0.25) is 9.59 Å². The molecule has 1 rings (SSSR count). The molecule has 0 aromatic heterocycles. The van der Waals surface area contributed by atoms with Crippen LogP contribution in [0.2, 0.25) is 0 Å². The first-order valence-electron chi connectivity index (χ1n) is 7.73. The minimum absolute atomic E-state index is 0.0923. The SMILES string of the molecule is COC(=O)c1ccccc1NC(=O)C(CC(=O)O)NC(=O)OC(C)(C)C. The molecule has 0 heterocycles. The second kappa shape index (κ2) is 8.84. The molecular weight excluding hydrogens is 344 g/mol. The lowest BCUT2D eigenvalue weighted by Crippen LogP contribution is -2.47. The van der Waals surface area contributed by atoms with Crippen LogP contribution in [0.25, 0.3) is 0 Å². The second-order valence-corrected chi connectivity index (χ2v) is 6.32. The van der Waals surface area contributed by atoms with Crippen LogP contribution in [-0.4, -0.2) is 47.8 Å². The topological polar surface area (TPSA) is 131 Å². The van der Waals surface area contributed by atoms with Crippen LogP contribution in [0.15, 0.2) is 24.3 Å². The molecule has 1 aromatic rings. The number of methoxy groups -OCH3 is 1. The van der Waals surface area contributed by atoms with Crippen molar-refractivity contribution in [3.05, 3.63) is 29.8 Å². The van der Waals surface area contributed by atoms with Gasteiger partial charge in [-0.15, -0.1) is 0 Å². The third-order valence-electron chi connectivity index (χ3n) is 2.98. The van der Waals surface area contributed by atoms with E-state index in [0.29, 0.717) is 0 Å². The van der Waals surface area contributed by atoms with E-state index in [0.717, 1.165) is 0 Å². The van der Waals surface area contributed by atoms with Crippen LogP contribution in [0.5, 0.6) is 0 Å². The number of ether oxygens (including phenoxy) is 2. The summed E-state index contributed by atoms with van der Waals surface area (Å²) in [7, 11) is 1.19. The standard InChI is InChI=1S/C17H22N2O7/c1-17(2,3)26-16(24)19-12(9-13(20)21)14(22)18-11-8-6-5-7-10(11)15(23)25-4/h5-8,12H,9H2,1-4H3,(H,18,22)(H,19,24)(H,20,21). The van der Waals surface area contributed by atoms with E-state index in [1.165, 1.54) is 19.2 Å². The number of benzene rings is 1. The summed E-state index contributed by atoms with van der Waals surface area (Å²) >= 11 is 0. The lowest BCUT2D eigenvalue weighted by Gasteiger charge is -2.23. The lowest BCUT2D eigenvalue weighted by molar-refractivity contribution is -0.139. The number of alkyl carbamates (subject to hydrolysis) is 1. The Morgan fingerprint density at radius 1 is 1.15 bits per heavy atom. The highest BCUT2D eigenvalue weighted by atomic mass is 16.6. The minimum Gasteiger partial charge on any atom is -0.481 e. The molecule has 1 unspecified atom stereocenters. The zero-order valence-electron chi connectivity index (χ0n) is 15.0. The summed E-state index contributed by atoms with van der Waals surface area (Å²) in [5, 5.41) is 13.6. The monoisotopic (exact) mass is 366 g/mol. The van der Waals surface area contributed by atoms with Crippen LogP contribution in [0, 0.1) is 0 Å². The molecule has 0 saturated carbocycles. The van der Waals surface area contributed by atoms with Gasteiger partial charge in [-0.05, 0) is 32.9 Å². The Morgan fingerprint density at radius 3 is 2.31 bits per heavy atom. The fourth-order valence-electron chi connectivity index (χ4n) is 1.93. The molecule has 1 atom stereocenters. The Labute approximate surface area is 150 Å². The number of esters is 1. The van der Waals surface area contributed by atoms with Crippen molar-refractivity contribution < 1.29 is 33.8 Å². The number of hydrogen-bond acceptors (Lipinski definition) is 6. The van der Waals surface area contributed by atoms with Gasteiger partial charge in [0.2, 0.25) is 5.91 Å². The van der Waals surface area contributed by atoms with Gasteiger partial charge in [0.05, 0.1) is 24.8 Å². The summed E-state index contributed by atoms with van der Waals surface area (Å²) in [6.45, 7) is 4.89. The van der Waals surface area contributed by atoms with E-state index < -0.39 is 42.0 Å². The summed E-state index contributed by atoms with van der Waals surface area (Å²) in [5.41, 5.74) is -0.591. The van der Waals surface area contributed by atoms with E-state index in [9.17, 15) is 19.2 Å². The number of anilines is 1. The molecular formula is C17H22N2O7. The predicted octanol–water partition coefficient (Wildman–Crippen LogP) is 1.78. The van der Waals surface area contributed by atoms with Gasteiger partial charge in [-0.1, -0.05) is 12.1 Å². The first-order chi connectivity index (χ1) is 12.0. The number of hydrogen-bond donors (Lipinski definition) is 3. The summed E-state index contributed by atoms with van der Waals surface area (Å²) in [5.74, 6) is -2.77. The quantitative estimate of drug-likeness (QED) is 0.654. The van der Waals surface area contributed by atoms with Gasteiger partial charge < -0.3 is 25.2 Å². The number of carboxylic acids is 1. The van der Waals surface area contributed by atoms with E-state index in [4.69, 9.17) is 9.84 Å². The Bertz CT molecular complexity index is 695. The number of rotatable bonds is 6. The summed E-state index contributed by atoms with van der Waals surface area (Å²) in [4.78, 5) is 47.0. The normalized spacial score (nSPS) is 11.8. The lowest BCUT2D eigenvalue weighted by atomic mass is 10.1. The molecule has 0 saturated heterocycles. The number of aliphatic carboxylic acids is 1. The van der Waals surface area contributed by atoms with Crippen molar-refractivity contribution in [2.75, 3.05) is 12.4 Å². The van der Waals surface area contributed by atoms with Gasteiger partial charge in [0, 0.05) is 0 Å². The van der Waals surface area contributed by atoms with E-state index in [1.807, 2.05) is 0 Å². The van der Waals surface area contributed by atoms with Crippen LogP contribution in [0.3, 0.4) is 0 Å². The van der Waals surface area contributed by atoms with Crippen molar-refractivity contribution >= 4 is 29.6 Å². The Balaban J connectivity index is 2.95. The fourth-order valence-corrected chi connectivity index (χ4v) is 1.93. The van der Waals surface area contributed by atoms with Crippen LogP contribution in [-0.2, 0) is 19.1 Å². The molecule has 2 amide bonds. The Kier molecular flexibility index (Phi) is 7.12. The minimum atomic E-state index is -1.40. The molecule has 3 N–H and O–H groups in total. The molecule has 0 fully saturated rings. The first-order valence-corrected chi connectivity index (χ1v) is 7.73. The molecule has 0 radical (unpaired) electrons. The largest absolute Gasteiger partial charge is 0.481 e. The molecule has 0 aliphatic rings. The Hall–Kier alpha value is -3.10. The maximum Gasteiger partial charge on any atom is 0.408 e. The zero-order valence-corrected chi connectivity index (χ0v) is 15.0. The highest BCUT2D eigenvalue weighted by Crippen LogP contribution is 2.17. The number of carbonyl (C=O) groups is 4. The predicted molar refractivity (Wildman–Crippen MR) is 91.8 cm³/mol. The molecule has 0 spiro atoms. The number of amides is 2. The van der Waals surface area contributed by atoms with Crippen molar-refractivity contribution in [3.63, 3.8) is 0 Å². The summed E-state index contributed by atoms with van der Waals surface area (Å²) < 4.78 is 9.66. The first kappa shape index (κ1) is 20.9. The molecule has 26 heavy (non-hydrogen) atoms. The van der Waals surface area contributed by atoms with Crippen molar-refractivity contribution in [3.8, 4) is 0 Å². The van der Waals surface area contributed by atoms with Gasteiger partial charge in [-0.25, -0.2) is 9.59 Å². The van der Waals surface area contributed by atoms with Crippen molar-refractivity contribution in [1.29, 1.82) is 0 Å². The van der Waals surface area contributed by atoms with Gasteiger partial charge in [0.25, 0.3) is 0 Å². The highest BCUT2D eigenvalue weighted by Gasteiger charge is 2.27. The van der Waals surface area contributed by atoms with Crippen molar-refractivity contribution in [2.24, 2.45) is 0 Å². The zero-order chi connectivity index (χ0) is 19.9. The van der Waals surface area contributed by atoms with E-state index >= 15 is 0 Å². The van der Waals surface area contributed by atoms with E-state index in [-0.39, 0.29) is 11.3 Å². The van der Waals surface area contributed by atoms with Gasteiger partial charge in [0.15, 0.2) is 0 Å². The van der Waals surface area contributed by atoms with Gasteiger partial charge in [0.1, 0.15) is 11.6 Å². The molecule has 9 heteroatoms. The number of carbonyl (C=O) groups excluding carboxylic acids is 3. The molecule has 0 bridgehead atoms. The smallest absolute Gasteiger partial charge is 0.408 e. The fraction of sp³-hybridized carbons (Fsp3) is 0.412. The number of para-hydroxylation sites is 1. The second-order valence-electron chi connectivity index (χ2n) is 6.32. The molecule has 9 nitrogen and oxygen atoms in total.